The number of aliphatic hydroxyl groups excluding tert-OH is 1. The lowest BCUT2D eigenvalue weighted by atomic mass is 9.71. The van der Waals surface area contributed by atoms with Crippen LogP contribution in [-0.4, -0.2) is 50.8 Å². The Balaban J connectivity index is 1.72. The van der Waals surface area contributed by atoms with E-state index in [1.165, 1.54) is 36.1 Å². The number of rotatable bonds is 5. The van der Waals surface area contributed by atoms with Gasteiger partial charge in [0.25, 0.3) is 5.69 Å². The predicted octanol–water partition coefficient (Wildman–Crippen LogP) is 0.823. The lowest BCUT2D eigenvalue weighted by Gasteiger charge is -2.48. The third-order valence-electron chi connectivity index (χ3n) is 5.35. The molecule has 2 aliphatic heterocycles. The van der Waals surface area contributed by atoms with E-state index >= 15 is 0 Å². The lowest BCUT2D eigenvalue weighted by Crippen LogP contribution is -2.67. The number of carbonyl (C=O) groups is 3. The van der Waals surface area contributed by atoms with Crippen molar-refractivity contribution < 1.29 is 29.2 Å². The smallest absolute Gasteiger partial charge is 0.337 e. The van der Waals surface area contributed by atoms with E-state index < -0.39 is 52.1 Å². The summed E-state index contributed by atoms with van der Waals surface area (Å²) in [5.41, 5.74) is -0.532. The molecular weight excluding hydrogens is 356 g/mol. The predicted molar refractivity (Wildman–Crippen MR) is 91.3 cm³/mol. The summed E-state index contributed by atoms with van der Waals surface area (Å²) in [7, 11) is 0. The minimum absolute atomic E-state index is 0.0871. The Morgan fingerprint density at radius 3 is 2.44 bits per heavy atom. The number of carbonyl (C=O) groups excluding carboxylic acids is 3. The summed E-state index contributed by atoms with van der Waals surface area (Å²) in [6, 6.07) is 3.60. The normalized spacial score (nSPS) is 27.0. The Morgan fingerprint density at radius 2 is 1.93 bits per heavy atom. The summed E-state index contributed by atoms with van der Waals surface area (Å²) >= 11 is 0. The largest absolute Gasteiger partial charge is 0.459 e. The molecule has 2 heterocycles. The van der Waals surface area contributed by atoms with E-state index in [0.29, 0.717) is 5.56 Å². The van der Waals surface area contributed by atoms with E-state index in [-0.39, 0.29) is 12.3 Å². The molecule has 0 bridgehead atoms. The Bertz CT molecular complexity index is 816. The highest BCUT2D eigenvalue weighted by molar-refractivity contribution is 6.13. The monoisotopic (exact) mass is 376 g/mol. The van der Waals surface area contributed by atoms with Crippen molar-refractivity contribution in [2.24, 2.45) is 11.3 Å². The van der Waals surface area contributed by atoms with Crippen LogP contribution in [0.3, 0.4) is 0 Å². The fourth-order valence-corrected chi connectivity index (χ4v) is 3.88. The second kappa shape index (κ2) is 6.41. The van der Waals surface area contributed by atoms with Gasteiger partial charge in [0.2, 0.25) is 5.91 Å². The van der Waals surface area contributed by atoms with Crippen LogP contribution >= 0.6 is 0 Å². The Hall–Kier alpha value is -2.81. The number of aliphatic hydroxyl groups is 1. The van der Waals surface area contributed by atoms with Crippen LogP contribution in [0.25, 0.3) is 0 Å². The average Bonchev–Trinajstić information content (AvgIpc) is 2.77. The number of Topliss-reactive ketones (excluding diaryl/α,β-unsaturated/α-hetero) is 1. The van der Waals surface area contributed by atoms with Crippen molar-refractivity contribution >= 4 is 23.3 Å². The standard InChI is InChI=1S/C18H20N2O7/c1-9(21)12-14-18(2,3)15(22)13(19(14)16(12)23)17(24)27-8-10-4-6-11(7-5-10)20(25)26/h4-7,9,12-14,21H,8H2,1-3H3/t9-,12-,13?,14-/m1/s1. The quantitative estimate of drug-likeness (QED) is 0.265. The molecule has 1 amide bonds. The van der Waals surface area contributed by atoms with Gasteiger partial charge in [-0.15, -0.1) is 0 Å². The molecule has 1 N–H and O–H groups in total. The summed E-state index contributed by atoms with van der Waals surface area (Å²) in [6.45, 7) is 4.62. The van der Waals surface area contributed by atoms with Crippen LogP contribution in [-0.2, 0) is 25.7 Å². The number of nitro groups is 1. The van der Waals surface area contributed by atoms with E-state index in [9.17, 15) is 29.6 Å². The molecule has 3 rings (SSSR count). The Morgan fingerprint density at radius 1 is 1.33 bits per heavy atom. The Kier molecular flexibility index (Phi) is 4.51. The average molecular weight is 376 g/mol. The van der Waals surface area contributed by atoms with Crippen LogP contribution in [0.2, 0.25) is 0 Å². The number of hydrogen-bond donors (Lipinski definition) is 1. The van der Waals surface area contributed by atoms with Crippen molar-refractivity contribution in [3.8, 4) is 0 Å². The first kappa shape index (κ1) is 19.0. The molecule has 1 aromatic carbocycles. The fraction of sp³-hybridized carbons (Fsp3) is 0.500. The molecule has 2 aliphatic rings. The first-order valence-corrected chi connectivity index (χ1v) is 8.52. The topological polar surface area (TPSA) is 127 Å². The number of β-lactam (4-membered cyclic amide) rings is 1. The van der Waals surface area contributed by atoms with E-state index in [4.69, 9.17) is 4.74 Å². The molecule has 2 saturated heterocycles. The zero-order chi connectivity index (χ0) is 20.1. The van der Waals surface area contributed by atoms with Gasteiger partial charge in [-0.2, -0.15) is 0 Å². The third-order valence-corrected chi connectivity index (χ3v) is 5.35. The molecule has 0 saturated carbocycles. The van der Waals surface area contributed by atoms with Crippen LogP contribution in [0.15, 0.2) is 24.3 Å². The van der Waals surface area contributed by atoms with Crippen molar-refractivity contribution in [3.63, 3.8) is 0 Å². The summed E-state index contributed by atoms with van der Waals surface area (Å²) < 4.78 is 5.19. The maximum Gasteiger partial charge on any atom is 0.337 e. The second-order valence-electron chi connectivity index (χ2n) is 7.48. The maximum atomic E-state index is 12.7. The number of ether oxygens (including phenoxy) is 1. The molecule has 4 atom stereocenters. The highest BCUT2D eigenvalue weighted by Crippen LogP contribution is 2.49. The number of nitro benzene ring substituents is 1. The molecule has 1 aromatic rings. The van der Waals surface area contributed by atoms with Gasteiger partial charge in [0, 0.05) is 17.5 Å². The summed E-state index contributed by atoms with van der Waals surface area (Å²) in [4.78, 5) is 48.9. The van der Waals surface area contributed by atoms with Gasteiger partial charge in [-0.3, -0.25) is 19.7 Å². The second-order valence-corrected chi connectivity index (χ2v) is 7.48. The minimum atomic E-state index is -1.33. The van der Waals surface area contributed by atoms with E-state index in [0.717, 1.165) is 0 Å². The van der Waals surface area contributed by atoms with Crippen molar-refractivity contribution in [3.05, 3.63) is 39.9 Å². The van der Waals surface area contributed by atoms with Gasteiger partial charge >= 0.3 is 5.97 Å². The highest BCUT2D eigenvalue weighted by Gasteiger charge is 2.69. The van der Waals surface area contributed by atoms with E-state index in [2.05, 4.69) is 0 Å². The van der Waals surface area contributed by atoms with E-state index in [1.807, 2.05) is 0 Å². The number of hydrogen-bond acceptors (Lipinski definition) is 7. The lowest BCUT2D eigenvalue weighted by molar-refractivity contribution is -0.384. The molecule has 0 aliphatic carbocycles. The number of fused-ring (bicyclic) bond motifs is 1. The van der Waals surface area contributed by atoms with Crippen molar-refractivity contribution in [1.82, 2.24) is 4.90 Å². The molecule has 0 radical (unpaired) electrons. The van der Waals surface area contributed by atoms with Crippen LogP contribution in [0.5, 0.6) is 0 Å². The molecule has 0 spiro atoms. The molecule has 0 aromatic heterocycles. The summed E-state index contributed by atoms with van der Waals surface area (Å²) in [6.07, 6.45) is -0.916. The highest BCUT2D eigenvalue weighted by atomic mass is 16.6. The van der Waals surface area contributed by atoms with Gasteiger partial charge in [0.05, 0.1) is 23.0 Å². The first-order valence-electron chi connectivity index (χ1n) is 8.52. The summed E-state index contributed by atoms with van der Waals surface area (Å²) in [5, 5.41) is 20.5. The van der Waals surface area contributed by atoms with Crippen molar-refractivity contribution in [2.75, 3.05) is 0 Å². The van der Waals surface area contributed by atoms with Crippen molar-refractivity contribution in [2.45, 2.75) is 45.6 Å². The number of non-ortho nitro benzene ring substituents is 1. The number of esters is 1. The number of ketones is 1. The van der Waals surface area contributed by atoms with Gasteiger partial charge in [0.15, 0.2) is 11.8 Å². The fourth-order valence-electron chi connectivity index (χ4n) is 3.88. The third kappa shape index (κ3) is 2.87. The van der Waals surface area contributed by atoms with Gasteiger partial charge < -0.3 is 14.7 Å². The first-order chi connectivity index (χ1) is 12.6. The van der Waals surface area contributed by atoms with Crippen LogP contribution < -0.4 is 0 Å². The molecule has 9 nitrogen and oxygen atoms in total. The molecule has 27 heavy (non-hydrogen) atoms. The molecule has 144 valence electrons. The molecule has 1 unspecified atom stereocenters. The van der Waals surface area contributed by atoms with E-state index in [1.54, 1.807) is 13.8 Å². The zero-order valence-electron chi connectivity index (χ0n) is 15.1. The van der Waals surface area contributed by atoms with Crippen molar-refractivity contribution in [1.29, 1.82) is 0 Å². The zero-order valence-corrected chi connectivity index (χ0v) is 15.1. The number of benzene rings is 1. The molecular formula is C18H20N2O7. The van der Waals surface area contributed by atoms with Gasteiger partial charge in [-0.05, 0) is 24.6 Å². The molecule has 9 heteroatoms. The van der Waals surface area contributed by atoms with Crippen LogP contribution in [0.1, 0.15) is 26.3 Å². The SMILES string of the molecule is C[C@@H](O)[C@H]1C(=O)N2C(C(=O)OCc3ccc([N+](=O)[O-])cc3)C(=O)C(C)(C)[C@@H]12. The Labute approximate surface area is 155 Å². The number of amides is 1. The van der Waals surface area contributed by atoms with Crippen LogP contribution in [0.4, 0.5) is 5.69 Å². The maximum absolute atomic E-state index is 12.7. The van der Waals surface area contributed by atoms with Crippen LogP contribution in [0, 0.1) is 21.4 Å². The van der Waals surface area contributed by atoms with Gasteiger partial charge in [0.1, 0.15) is 6.61 Å². The van der Waals surface area contributed by atoms with Gasteiger partial charge in [-0.1, -0.05) is 13.8 Å². The summed E-state index contributed by atoms with van der Waals surface area (Å²) in [5.74, 6) is -2.41. The molecule has 2 fully saturated rings. The minimum Gasteiger partial charge on any atom is -0.459 e. The van der Waals surface area contributed by atoms with Gasteiger partial charge in [-0.25, -0.2) is 4.79 Å². The number of nitrogens with zero attached hydrogens (tertiary/aromatic N) is 2.